The van der Waals surface area contributed by atoms with Crippen LogP contribution in [0, 0.1) is 0 Å². The Balaban J connectivity index is 1.70. The Morgan fingerprint density at radius 1 is 1.00 bits per heavy atom. The molecule has 0 aliphatic carbocycles. The first-order valence-corrected chi connectivity index (χ1v) is 10.4. The summed E-state index contributed by atoms with van der Waals surface area (Å²) in [5.41, 5.74) is 1.82. The number of benzene rings is 3. The molecule has 0 fully saturated rings. The quantitative estimate of drug-likeness (QED) is 0.497. The number of nitrogens with one attached hydrogen (secondary N) is 1. The standard InChI is InChI=1S/C24H22Cl2N2O3/c1-16(31-22-13-12-18(25)14-20(22)26)23(29)27-21-11-7-6-10-19(21)24(30)28(2)15-17-8-4-3-5-9-17/h3-14,16H,15H2,1-2H3,(H,27,29). The molecular formula is C24H22Cl2N2O3. The molecule has 1 atom stereocenters. The monoisotopic (exact) mass is 456 g/mol. The van der Waals surface area contributed by atoms with E-state index in [1.54, 1.807) is 61.3 Å². The molecule has 0 aromatic heterocycles. The lowest BCUT2D eigenvalue weighted by molar-refractivity contribution is -0.122. The van der Waals surface area contributed by atoms with E-state index in [1.165, 1.54) is 0 Å². The van der Waals surface area contributed by atoms with Crippen LogP contribution in [0.2, 0.25) is 10.0 Å². The van der Waals surface area contributed by atoms with Crippen LogP contribution in [0.25, 0.3) is 0 Å². The van der Waals surface area contributed by atoms with E-state index < -0.39 is 12.0 Å². The highest BCUT2D eigenvalue weighted by Gasteiger charge is 2.21. The second-order valence-corrected chi connectivity index (χ2v) is 7.86. The molecule has 0 saturated carbocycles. The van der Waals surface area contributed by atoms with E-state index in [0.717, 1.165) is 5.56 Å². The van der Waals surface area contributed by atoms with E-state index >= 15 is 0 Å². The highest BCUT2D eigenvalue weighted by Crippen LogP contribution is 2.28. The van der Waals surface area contributed by atoms with Gasteiger partial charge in [-0.2, -0.15) is 0 Å². The molecule has 31 heavy (non-hydrogen) atoms. The number of nitrogens with zero attached hydrogens (tertiary/aromatic N) is 1. The van der Waals surface area contributed by atoms with Gasteiger partial charge in [0.25, 0.3) is 11.8 Å². The summed E-state index contributed by atoms with van der Waals surface area (Å²) in [5, 5.41) is 3.56. The number of anilines is 1. The third-order valence-corrected chi connectivity index (χ3v) is 5.12. The van der Waals surface area contributed by atoms with Gasteiger partial charge in [-0.1, -0.05) is 65.7 Å². The number of ether oxygens (including phenoxy) is 1. The van der Waals surface area contributed by atoms with Gasteiger partial charge in [0.2, 0.25) is 0 Å². The molecule has 1 unspecified atom stereocenters. The van der Waals surface area contributed by atoms with Crippen molar-refractivity contribution in [2.75, 3.05) is 12.4 Å². The van der Waals surface area contributed by atoms with E-state index in [2.05, 4.69) is 5.32 Å². The maximum atomic E-state index is 13.0. The Morgan fingerprint density at radius 2 is 1.68 bits per heavy atom. The van der Waals surface area contributed by atoms with Crippen molar-refractivity contribution in [2.45, 2.75) is 19.6 Å². The first-order valence-electron chi connectivity index (χ1n) is 9.66. The van der Waals surface area contributed by atoms with Crippen molar-refractivity contribution in [3.05, 3.63) is 94.0 Å². The fraction of sp³-hybridized carbons (Fsp3) is 0.167. The van der Waals surface area contributed by atoms with Crippen molar-refractivity contribution < 1.29 is 14.3 Å². The first-order chi connectivity index (χ1) is 14.8. The third-order valence-electron chi connectivity index (χ3n) is 4.59. The van der Waals surface area contributed by atoms with Crippen LogP contribution < -0.4 is 10.1 Å². The Bertz CT molecular complexity index is 1070. The van der Waals surface area contributed by atoms with Gasteiger partial charge in [-0.05, 0) is 42.8 Å². The third kappa shape index (κ3) is 6.00. The molecule has 0 aliphatic rings. The van der Waals surface area contributed by atoms with Gasteiger partial charge in [0.05, 0.1) is 16.3 Å². The molecule has 3 aromatic rings. The number of rotatable bonds is 7. The van der Waals surface area contributed by atoms with Crippen molar-refractivity contribution in [3.8, 4) is 5.75 Å². The average Bonchev–Trinajstić information content (AvgIpc) is 2.76. The Kier molecular flexibility index (Phi) is 7.55. The maximum Gasteiger partial charge on any atom is 0.265 e. The number of carbonyl (C=O) groups excluding carboxylic acids is 2. The second kappa shape index (κ2) is 10.3. The van der Waals surface area contributed by atoms with Crippen LogP contribution in [0.5, 0.6) is 5.75 Å². The molecule has 5 nitrogen and oxygen atoms in total. The lowest BCUT2D eigenvalue weighted by Crippen LogP contribution is -2.32. The molecule has 0 bridgehead atoms. The fourth-order valence-electron chi connectivity index (χ4n) is 2.96. The zero-order chi connectivity index (χ0) is 22.4. The summed E-state index contributed by atoms with van der Waals surface area (Å²) in [7, 11) is 1.72. The largest absolute Gasteiger partial charge is 0.479 e. The zero-order valence-corrected chi connectivity index (χ0v) is 18.7. The van der Waals surface area contributed by atoms with Crippen molar-refractivity contribution in [1.82, 2.24) is 4.90 Å². The number of para-hydroxylation sites is 1. The number of amides is 2. The molecular weight excluding hydrogens is 435 g/mol. The highest BCUT2D eigenvalue weighted by atomic mass is 35.5. The normalized spacial score (nSPS) is 11.5. The van der Waals surface area contributed by atoms with Crippen molar-refractivity contribution in [1.29, 1.82) is 0 Å². The summed E-state index contributed by atoms with van der Waals surface area (Å²) in [6.45, 7) is 2.06. The Morgan fingerprint density at radius 3 is 2.39 bits per heavy atom. The minimum Gasteiger partial charge on any atom is -0.479 e. The van der Waals surface area contributed by atoms with Gasteiger partial charge in [-0.25, -0.2) is 0 Å². The molecule has 0 aliphatic heterocycles. The van der Waals surface area contributed by atoms with Gasteiger partial charge in [0.1, 0.15) is 5.75 Å². The molecule has 0 radical (unpaired) electrons. The van der Waals surface area contributed by atoms with Crippen LogP contribution in [-0.2, 0) is 11.3 Å². The van der Waals surface area contributed by atoms with E-state index in [4.69, 9.17) is 27.9 Å². The molecule has 2 amide bonds. The molecule has 3 rings (SSSR count). The smallest absolute Gasteiger partial charge is 0.265 e. The second-order valence-electron chi connectivity index (χ2n) is 7.02. The summed E-state index contributed by atoms with van der Waals surface area (Å²) >= 11 is 12.0. The number of halogens is 2. The van der Waals surface area contributed by atoms with Gasteiger partial charge >= 0.3 is 0 Å². The van der Waals surface area contributed by atoms with Gasteiger partial charge in [-0.3, -0.25) is 9.59 Å². The number of hydrogen-bond donors (Lipinski definition) is 1. The van der Waals surface area contributed by atoms with E-state index in [0.29, 0.717) is 33.6 Å². The van der Waals surface area contributed by atoms with Crippen LogP contribution in [0.15, 0.2) is 72.8 Å². The molecule has 7 heteroatoms. The molecule has 3 aromatic carbocycles. The fourth-order valence-corrected chi connectivity index (χ4v) is 3.42. The summed E-state index contributed by atoms with van der Waals surface area (Å²) in [5.74, 6) is -0.258. The SMILES string of the molecule is CC(Oc1ccc(Cl)cc1Cl)C(=O)Nc1ccccc1C(=O)N(C)Cc1ccccc1. The van der Waals surface area contributed by atoms with Crippen LogP contribution in [-0.4, -0.2) is 29.9 Å². The minimum atomic E-state index is -0.844. The molecule has 1 N–H and O–H groups in total. The molecule has 0 heterocycles. The van der Waals surface area contributed by atoms with Crippen LogP contribution >= 0.6 is 23.2 Å². The average molecular weight is 457 g/mol. The highest BCUT2D eigenvalue weighted by molar-refractivity contribution is 6.35. The molecule has 0 spiro atoms. The van der Waals surface area contributed by atoms with Crippen molar-refractivity contribution in [2.24, 2.45) is 0 Å². The van der Waals surface area contributed by atoms with Crippen molar-refractivity contribution >= 4 is 40.7 Å². The Labute approximate surface area is 191 Å². The lowest BCUT2D eigenvalue weighted by Gasteiger charge is -2.20. The van der Waals surface area contributed by atoms with Crippen LogP contribution in [0.3, 0.4) is 0 Å². The van der Waals surface area contributed by atoms with Gasteiger partial charge in [-0.15, -0.1) is 0 Å². The molecule has 160 valence electrons. The summed E-state index contributed by atoms with van der Waals surface area (Å²) < 4.78 is 5.66. The zero-order valence-electron chi connectivity index (χ0n) is 17.1. The Hall–Kier alpha value is -3.02. The minimum absolute atomic E-state index is 0.200. The molecule has 0 saturated heterocycles. The predicted molar refractivity (Wildman–Crippen MR) is 124 cm³/mol. The van der Waals surface area contributed by atoms with Gasteiger partial charge < -0.3 is 15.0 Å². The first kappa shape index (κ1) is 22.7. The van der Waals surface area contributed by atoms with E-state index in [9.17, 15) is 9.59 Å². The van der Waals surface area contributed by atoms with Crippen LogP contribution in [0.1, 0.15) is 22.8 Å². The predicted octanol–water partition coefficient (Wildman–Crippen LogP) is 5.67. The topological polar surface area (TPSA) is 58.6 Å². The number of carbonyl (C=O) groups is 2. The number of hydrogen-bond acceptors (Lipinski definition) is 3. The van der Waals surface area contributed by atoms with Gasteiger partial charge in [0.15, 0.2) is 6.10 Å². The maximum absolute atomic E-state index is 13.0. The summed E-state index contributed by atoms with van der Waals surface area (Å²) in [6, 6.07) is 21.3. The van der Waals surface area contributed by atoms with Crippen LogP contribution in [0.4, 0.5) is 5.69 Å². The van der Waals surface area contributed by atoms with E-state index in [-0.39, 0.29) is 5.91 Å². The lowest BCUT2D eigenvalue weighted by atomic mass is 10.1. The summed E-state index contributed by atoms with van der Waals surface area (Å²) in [4.78, 5) is 27.3. The van der Waals surface area contributed by atoms with Gasteiger partial charge in [0, 0.05) is 18.6 Å². The summed E-state index contributed by atoms with van der Waals surface area (Å²) in [6.07, 6.45) is -0.844. The van der Waals surface area contributed by atoms with Crippen molar-refractivity contribution in [3.63, 3.8) is 0 Å². The van der Waals surface area contributed by atoms with E-state index in [1.807, 2.05) is 30.3 Å².